The van der Waals surface area contributed by atoms with Gasteiger partial charge in [0.05, 0.1) is 12.1 Å². The summed E-state index contributed by atoms with van der Waals surface area (Å²) in [7, 11) is 0. The average molecular weight is 259 g/mol. The molecule has 2 N–H and O–H groups in total. The first-order valence-corrected chi connectivity index (χ1v) is 5.94. The van der Waals surface area contributed by atoms with Crippen molar-refractivity contribution in [1.82, 2.24) is 15.0 Å². The van der Waals surface area contributed by atoms with E-state index >= 15 is 0 Å². The fourth-order valence-electron chi connectivity index (χ4n) is 1.89. The number of benzene rings is 2. The predicted octanol–water partition coefficient (Wildman–Crippen LogP) is 2.72. The highest BCUT2D eigenvalue weighted by atomic mass is 35.5. The maximum Gasteiger partial charge on any atom is 0.113 e. The first kappa shape index (κ1) is 11.0. The van der Waals surface area contributed by atoms with Gasteiger partial charge >= 0.3 is 0 Å². The van der Waals surface area contributed by atoms with E-state index in [0.29, 0.717) is 11.6 Å². The van der Waals surface area contributed by atoms with Crippen LogP contribution in [-0.2, 0) is 6.54 Å². The van der Waals surface area contributed by atoms with Gasteiger partial charge in [0.25, 0.3) is 0 Å². The van der Waals surface area contributed by atoms with Crippen LogP contribution >= 0.6 is 11.6 Å². The van der Waals surface area contributed by atoms with Crippen LogP contribution in [0.3, 0.4) is 0 Å². The summed E-state index contributed by atoms with van der Waals surface area (Å²) in [6, 6.07) is 13.2. The van der Waals surface area contributed by atoms with Gasteiger partial charge in [0.15, 0.2) is 0 Å². The lowest BCUT2D eigenvalue weighted by Gasteiger charge is -2.05. The lowest BCUT2D eigenvalue weighted by molar-refractivity contribution is 0.671. The number of nitrogens with two attached hydrogens (primary N) is 1. The Balaban J connectivity index is 2.05. The number of halogens is 1. The van der Waals surface area contributed by atoms with Gasteiger partial charge in [-0.15, -0.1) is 5.10 Å². The third-order valence-corrected chi connectivity index (χ3v) is 3.09. The summed E-state index contributed by atoms with van der Waals surface area (Å²) in [5.74, 6) is 0. The molecule has 0 radical (unpaired) electrons. The van der Waals surface area contributed by atoms with Crippen LogP contribution in [0.15, 0.2) is 42.5 Å². The molecule has 0 saturated carbocycles. The minimum atomic E-state index is 0.587. The van der Waals surface area contributed by atoms with E-state index in [1.54, 1.807) is 10.7 Å². The number of para-hydroxylation sites is 1. The Morgan fingerprint density at radius 2 is 2.00 bits per heavy atom. The Bertz CT molecular complexity index is 705. The molecule has 1 heterocycles. The van der Waals surface area contributed by atoms with E-state index in [9.17, 15) is 0 Å². The molecular formula is C13H11ClN4. The smallest absolute Gasteiger partial charge is 0.113 e. The Kier molecular flexibility index (Phi) is 2.64. The summed E-state index contributed by atoms with van der Waals surface area (Å²) in [6.45, 7) is 0.587. The third-order valence-electron chi connectivity index (χ3n) is 2.85. The molecule has 0 aliphatic carbocycles. The number of aromatic nitrogens is 3. The maximum atomic E-state index is 5.99. The zero-order valence-corrected chi connectivity index (χ0v) is 10.3. The molecule has 0 aliphatic rings. The largest absolute Gasteiger partial charge is 0.398 e. The summed E-state index contributed by atoms with van der Waals surface area (Å²) in [6.07, 6.45) is 0. The Morgan fingerprint density at radius 1 is 1.17 bits per heavy atom. The van der Waals surface area contributed by atoms with Crippen LogP contribution < -0.4 is 5.73 Å². The summed E-state index contributed by atoms with van der Waals surface area (Å²) >= 11 is 5.99. The second-order valence-corrected chi connectivity index (χ2v) is 4.52. The molecule has 3 aromatic rings. The SMILES string of the molecule is Nc1ccccc1Cn1nnc2ccc(Cl)cc21. The number of hydrogen-bond acceptors (Lipinski definition) is 3. The van der Waals surface area contributed by atoms with Crippen LogP contribution in [0.5, 0.6) is 0 Å². The first-order chi connectivity index (χ1) is 8.74. The van der Waals surface area contributed by atoms with Crippen molar-refractivity contribution in [3.05, 3.63) is 53.1 Å². The molecule has 0 atom stereocenters. The van der Waals surface area contributed by atoms with Crippen molar-refractivity contribution >= 4 is 28.3 Å². The molecule has 0 bridgehead atoms. The highest BCUT2D eigenvalue weighted by Gasteiger charge is 2.07. The summed E-state index contributed by atoms with van der Waals surface area (Å²) in [5, 5.41) is 8.90. The van der Waals surface area contributed by atoms with Gasteiger partial charge in [-0.3, -0.25) is 0 Å². The number of fused-ring (bicyclic) bond motifs is 1. The molecule has 18 heavy (non-hydrogen) atoms. The zero-order chi connectivity index (χ0) is 12.5. The first-order valence-electron chi connectivity index (χ1n) is 5.56. The Hall–Kier alpha value is -2.07. The zero-order valence-electron chi connectivity index (χ0n) is 9.55. The quantitative estimate of drug-likeness (QED) is 0.719. The normalized spacial score (nSPS) is 10.9. The van der Waals surface area contributed by atoms with Gasteiger partial charge in [-0.05, 0) is 29.8 Å². The van der Waals surface area contributed by atoms with Gasteiger partial charge in [-0.1, -0.05) is 35.0 Å². The van der Waals surface area contributed by atoms with Gasteiger partial charge in [-0.25, -0.2) is 4.68 Å². The number of nitrogen functional groups attached to an aromatic ring is 1. The fourth-order valence-corrected chi connectivity index (χ4v) is 2.06. The second-order valence-electron chi connectivity index (χ2n) is 4.08. The molecule has 0 spiro atoms. The molecule has 3 rings (SSSR count). The molecule has 0 saturated heterocycles. The van der Waals surface area contributed by atoms with E-state index in [0.717, 1.165) is 22.3 Å². The average Bonchev–Trinajstić information content (AvgIpc) is 2.75. The highest BCUT2D eigenvalue weighted by molar-refractivity contribution is 6.31. The molecule has 2 aromatic carbocycles. The van der Waals surface area contributed by atoms with Crippen LogP contribution in [0.1, 0.15) is 5.56 Å². The van der Waals surface area contributed by atoms with E-state index in [-0.39, 0.29) is 0 Å². The van der Waals surface area contributed by atoms with Crippen molar-refractivity contribution < 1.29 is 0 Å². The summed E-state index contributed by atoms with van der Waals surface area (Å²) < 4.78 is 1.80. The van der Waals surface area contributed by atoms with Crippen LogP contribution in [0.25, 0.3) is 11.0 Å². The van der Waals surface area contributed by atoms with Gasteiger partial charge in [0.2, 0.25) is 0 Å². The number of anilines is 1. The predicted molar refractivity (Wildman–Crippen MR) is 72.5 cm³/mol. The van der Waals surface area contributed by atoms with Crippen molar-refractivity contribution in [2.45, 2.75) is 6.54 Å². The van der Waals surface area contributed by atoms with Crippen LogP contribution in [0, 0.1) is 0 Å². The van der Waals surface area contributed by atoms with Gasteiger partial charge in [0, 0.05) is 10.7 Å². The van der Waals surface area contributed by atoms with E-state index in [1.807, 2.05) is 36.4 Å². The highest BCUT2D eigenvalue weighted by Crippen LogP contribution is 2.19. The summed E-state index contributed by atoms with van der Waals surface area (Å²) in [4.78, 5) is 0. The van der Waals surface area contributed by atoms with Gasteiger partial charge < -0.3 is 5.73 Å². The topological polar surface area (TPSA) is 56.7 Å². The van der Waals surface area contributed by atoms with Crippen LogP contribution in [-0.4, -0.2) is 15.0 Å². The van der Waals surface area contributed by atoms with Gasteiger partial charge in [0.1, 0.15) is 5.52 Å². The summed E-state index contributed by atoms with van der Waals surface area (Å²) in [5.41, 5.74) is 9.43. The van der Waals surface area contributed by atoms with Crippen molar-refractivity contribution in [3.8, 4) is 0 Å². The van der Waals surface area contributed by atoms with Crippen molar-refractivity contribution in [2.75, 3.05) is 5.73 Å². The van der Waals surface area contributed by atoms with Crippen molar-refractivity contribution in [3.63, 3.8) is 0 Å². The molecule has 0 fully saturated rings. The molecule has 0 unspecified atom stereocenters. The van der Waals surface area contributed by atoms with Crippen molar-refractivity contribution in [1.29, 1.82) is 0 Å². The lowest BCUT2D eigenvalue weighted by Crippen LogP contribution is -2.04. The van der Waals surface area contributed by atoms with E-state index in [1.165, 1.54) is 0 Å². The lowest BCUT2D eigenvalue weighted by atomic mass is 10.2. The van der Waals surface area contributed by atoms with Crippen LogP contribution in [0.4, 0.5) is 5.69 Å². The standard InChI is InChI=1S/C13H11ClN4/c14-10-5-6-12-13(7-10)18(17-16-12)8-9-3-1-2-4-11(9)15/h1-7H,8,15H2. The second kappa shape index (κ2) is 4.31. The molecule has 4 nitrogen and oxygen atoms in total. The Labute approximate surface area is 109 Å². The molecular weight excluding hydrogens is 248 g/mol. The fraction of sp³-hybridized carbons (Fsp3) is 0.0769. The van der Waals surface area contributed by atoms with E-state index in [4.69, 9.17) is 17.3 Å². The molecule has 0 amide bonds. The van der Waals surface area contributed by atoms with E-state index in [2.05, 4.69) is 10.3 Å². The molecule has 0 aliphatic heterocycles. The number of rotatable bonds is 2. The van der Waals surface area contributed by atoms with Crippen LogP contribution in [0.2, 0.25) is 5.02 Å². The monoisotopic (exact) mass is 258 g/mol. The molecule has 1 aromatic heterocycles. The third kappa shape index (κ3) is 1.91. The number of nitrogens with zero attached hydrogens (tertiary/aromatic N) is 3. The number of hydrogen-bond donors (Lipinski definition) is 1. The maximum absolute atomic E-state index is 5.99. The van der Waals surface area contributed by atoms with Crippen molar-refractivity contribution in [2.24, 2.45) is 0 Å². The Morgan fingerprint density at radius 3 is 2.83 bits per heavy atom. The van der Waals surface area contributed by atoms with Gasteiger partial charge in [-0.2, -0.15) is 0 Å². The minimum absolute atomic E-state index is 0.587. The molecule has 5 heteroatoms. The molecule has 90 valence electrons. The minimum Gasteiger partial charge on any atom is -0.398 e. The van der Waals surface area contributed by atoms with E-state index < -0.39 is 0 Å².